The lowest BCUT2D eigenvalue weighted by molar-refractivity contribution is -0.0500. The highest BCUT2D eigenvalue weighted by molar-refractivity contribution is 7.10. The fraction of sp³-hybridized carbons (Fsp3) is 0.333. The van der Waals surface area contributed by atoms with E-state index in [1.165, 1.54) is 23.5 Å². The van der Waals surface area contributed by atoms with Crippen LogP contribution in [0.3, 0.4) is 0 Å². The fourth-order valence-corrected chi connectivity index (χ4v) is 4.19. The molecule has 12 heteroatoms. The number of ether oxygens (including phenoxy) is 3. The number of anilines is 1. The quantitative estimate of drug-likeness (QED) is 0.738. The molecule has 4 rings (SSSR count). The Kier molecular flexibility index (Phi) is 5.24. The van der Waals surface area contributed by atoms with Crippen molar-refractivity contribution in [1.82, 2.24) is 9.97 Å². The van der Waals surface area contributed by atoms with Crippen LogP contribution in [0.1, 0.15) is 28.8 Å². The second-order valence-corrected chi connectivity index (χ2v) is 7.58. The number of rotatable bonds is 5. The Morgan fingerprint density at radius 3 is 3.03 bits per heavy atom. The Bertz CT molecular complexity index is 1010. The summed E-state index contributed by atoms with van der Waals surface area (Å²) in [5.41, 5.74) is 5.71. The number of halogens is 2. The first-order chi connectivity index (χ1) is 14.4. The van der Waals surface area contributed by atoms with Crippen LogP contribution in [0.2, 0.25) is 0 Å². The van der Waals surface area contributed by atoms with Crippen LogP contribution < -0.4 is 15.8 Å². The predicted octanol–water partition coefficient (Wildman–Crippen LogP) is 2.62. The predicted molar refractivity (Wildman–Crippen MR) is 103 cm³/mol. The van der Waals surface area contributed by atoms with E-state index in [1.54, 1.807) is 11.6 Å². The van der Waals surface area contributed by atoms with Crippen LogP contribution in [0.4, 0.5) is 14.6 Å². The van der Waals surface area contributed by atoms with Crippen LogP contribution in [0.15, 0.2) is 40.7 Å². The maximum absolute atomic E-state index is 12.4. The van der Waals surface area contributed by atoms with Crippen LogP contribution in [-0.2, 0) is 14.9 Å². The van der Waals surface area contributed by atoms with Crippen LogP contribution in [0.5, 0.6) is 5.75 Å². The van der Waals surface area contributed by atoms with Crippen molar-refractivity contribution in [3.05, 3.63) is 46.4 Å². The fourth-order valence-electron chi connectivity index (χ4n) is 3.23. The number of alkyl halides is 2. The molecule has 2 aromatic heterocycles. The number of nitrogens with two attached hydrogens (primary N) is 1. The highest BCUT2D eigenvalue weighted by Gasteiger charge is 2.47. The van der Waals surface area contributed by atoms with Gasteiger partial charge in [-0.05, 0) is 19.1 Å². The molecule has 0 aliphatic carbocycles. The molecule has 2 atom stereocenters. The van der Waals surface area contributed by atoms with E-state index in [-0.39, 0.29) is 30.2 Å². The molecule has 0 aromatic carbocycles. The third-order valence-electron chi connectivity index (χ3n) is 4.58. The number of fused-ring (bicyclic) bond motifs is 1. The molecule has 0 unspecified atom stereocenters. The number of carbonyl (C=O) groups excluding carboxylic acids is 1. The summed E-state index contributed by atoms with van der Waals surface area (Å²) in [7, 11) is 0. The van der Waals surface area contributed by atoms with Crippen molar-refractivity contribution >= 4 is 29.1 Å². The highest BCUT2D eigenvalue weighted by Crippen LogP contribution is 2.44. The lowest BCUT2D eigenvalue weighted by Crippen LogP contribution is -2.44. The number of aliphatic imine (C=N–C) groups is 1. The number of aromatic nitrogens is 2. The first-order valence-corrected chi connectivity index (χ1v) is 9.75. The SMILES string of the molecule is C[C@H]1C[C@]2(c3nc(NC(=O)c4ccc(OC(F)F)cn4)cs3)COC(N)=NC2=CO1. The number of carbonyl (C=O) groups is 1. The Hall–Kier alpha value is -3.28. The van der Waals surface area contributed by atoms with Crippen molar-refractivity contribution in [3.63, 3.8) is 0 Å². The molecule has 0 saturated heterocycles. The number of hydrogen-bond acceptors (Lipinski definition) is 9. The van der Waals surface area contributed by atoms with Gasteiger partial charge in [0.05, 0.1) is 18.0 Å². The van der Waals surface area contributed by atoms with E-state index in [0.717, 1.165) is 6.20 Å². The molecule has 4 heterocycles. The average Bonchev–Trinajstić information content (AvgIpc) is 3.17. The summed E-state index contributed by atoms with van der Waals surface area (Å²) in [4.78, 5) is 25.0. The molecular weight excluding hydrogens is 420 g/mol. The smallest absolute Gasteiger partial charge is 0.387 e. The molecule has 158 valence electrons. The zero-order valence-corrected chi connectivity index (χ0v) is 16.5. The third-order valence-corrected chi connectivity index (χ3v) is 5.63. The Morgan fingerprint density at radius 1 is 1.47 bits per heavy atom. The number of amides is 1. The second-order valence-electron chi connectivity index (χ2n) is 6.72. The van der Waals surface area contributed by atoms with E-state index in [2.05, 4.69) is 25.0 Å². The summed E-state index contributed by atoms with van der Waals surface area (Å²) in [5.74, 6) is -0.349. The summed E-state index contributed by atoms with van der Waals surface area (Å²) in [6.07, 6.45) is 3.13. The van der Waals surface area contributed by atoms with Crippen LogP contribution >= 0.6 is 11.3 Å². The number of nitrogens with zero attached hydrogens (tertiary/aromatic N) is 3. The van der Waals surface area contributed by atoms with E-state index in [1.807, 2.05) is 6.92 Å². The summed E-state index contributed by atoms with van der Waals surface area (Å²) < 4.78 is 39.7. The molecule has 2 aliphatic rings. The summed E-state index contributed by atoms with van der Waals surface area (Å²) in [5, 5.41) is 5.04. The van der Waals surface area contributed by atoms with Crippen LogP contribution in [0, 0.1) is 0 Å². The van der Waals surface area contributed by atoms with Gasteiger partial charge in [-0.3, -0.25) is 4.79 Å². The average molecular weight is 437 g/mol. The van der Waals surface area contributed by atoms with Gasteiger partial charge < -0.3 is 25.3 Å². The Morgan fingerprint density at radius 2 is 2.30 bits per heavy atom. The number of nitrogens with one attached hydrogen (secondary N) is 1. The standard InChI is InChI=1S/C18H17F2N5O4S/c1-9-4-18(8-28-17(21)23-12(18)6-27-9)15-25-13(7-30-15)24-14(26)11-3-2-10(5-22-11)29-16(19)20/h2-3,5-7,9,16H,4,8H2,1H3,(H2,21,23)(H,24,26)/t9-,18-/m0/s1. The molecule has 9 nitrogen and oxygen atoms in total. The van der Waals surface area contributed by atoms with Crippen molar-refractivity contribution in [2.45, 2.75) is 31.5 Å². The van der Waals surface area contributed by atoms with E-state index in [4.69, 9.17) is 15.2 Å². The first-order valence-electron chi connectivity index (χ1n) is 8.87. The molecular formula is C18H17F2N5O4S. The van der Waals surface area contributed by atoms with Gasteiger partial charge in [-0.1, -0.05) is 0 Å². The van der Waals surface area contributed by atoms with Gasteiger partial charge in [-0.2, -0.15) is 13.8 Å². The van der Waals surface area contributed by atoms with Gasteiger partial charge in [0, 0.05) is 11.8 Å². The van der Waals surface area contributed by atoms with Gasteiger partial charge >= 0.3 is 6.61 Å². The Labute approximate surface area is 173 Å². The molecule has 2 aromatic rings. The van der Waals surface area contributed by atoms with Gasteiger partial charge in [-0.15, -0.1) is 11.3 Å². The molecule has 0 fully saturated rings. The molecule has 0 radical (unpaired) electrons. The summed E-state index contributed by atoms with van der Waals surface area (Å²) in [6.45, 7) is -0.773. The van der Waals surface area contributed by atoms with Crippen molar-refractivity contribution < 1.29 is 27.8 Å². The lowest BCUT2D eigenvalue weighted by Gasteiger charge is -2.39. The van der Waals surface area contributed by atoms with Crippen LogP contribution in [-0.4, -0.2) is 41.2 Å². The van der Waals surface area contributed by atoms with Crippen molar-refractivity contribution in [2.75, 3.05) is 11.9 Å². The minimum absolute atomic E-state index is 0.0305. The molecule has 3 N–H and O–H groups in total. The summed E-state index contributed by atoms with van der Waals surface area (Å²) in [6, 6.07) is 2.58. The number of thiazole rings is 1. The minimum Gasteiger partial charge on any atom is -0.496 e. The molecule has 0 spiro atoms. The molecule has 1 amide bonds. The Balaban J connectivity index is 1.52. The van der Waals surface area contributed by atoms with E-state index in [0.29, 0.717) is 22.9 Å². The molecule has 0 saturated carbocycles. The van der Waals surface area contributed by atoms with Gasteiger partial charge in [0.2, 0.25) is 0 Å². The van der Waals surface area contributed by atoms with E-state index in [9.17, 15) is 13.6 Å². The molecule has 0 bridgehead atoms. The maximum atomic E-state index is 12.4. The summed E-state index contributed by atoms with van der Waals surface area (Å²) >= 11 is 1.35. The zero-order valence-electron chi connectivity index (χ0n) is 15.7. The van der Waals surface area contributed by atoms with Gasteiger partial charge in [0.1, 0.15) is 40.6 Å². The van der Waals surface area contributed by atoms with E-state index < -0.39 is 17.9 Å². The van der Waals surface area contributed by atoms with E-state index >= 15 is 0 Å². The van der Waals surface area contributed by atoms with Crippen LogP contribution in [0.25, 0.3) is 0 Å². The van der Waals surface area contributed by atoms with Crippen molar-refractivity contribution in [3.8, 4) is 5.75 Å². The largest absolute Gasteiger partial charge is 0.496 e. The van der Waals surface area contributed by atoms with Gasteiger partial charge in [0.15, 0.2) is 0 Å². The molecule has 2 aliphatic heterocycles. The van der Waals surface area contributed by atoms with Crippen molar-refractivity contribution in [1.29, 1.82) is 0 Å². The monoisotopic (exact) mass is 437 g/mol. The second kappa shape index (κ2) is 7.86. The normalized spacial score (nSPS) is 22.9. The number of hydrogen-bond donors (Lipinski definition) is 2. The van der Waals surface area contributed by atoms with Crippen molar-refractivity contribution in [2.24, 2.45) is 10.7 Å². The molecule has 30 heavy (non-hydrogen) atoms. The van der Waals surface area contributed by atoms with Gasteiger partial charge in [0.25, 0.3) is 11.9 Å². The maximum Gasteiger partial charge on any atom is 0.387 e. The zero-order chi connectivity index (χ0) is 21.3. The number of pyridine rings is 1. The van der Waals surface area contributed by atoms with Gasteiger partial charge in [-0.25, -0.2) is 9.97 Å². The minimum atomic E-state index is -2.96. The number of amidine groups is 1. The first kappa shape index (κ1) is 20.0. The highest BCUT2D eigenvalue weighted by atomic mass is 32.1. The third kappa shape index (κ3) is 3.90. The topological polar surface area (TPSA) is 121 Å². The lowest BCUT2D eigenvalue weighted by atomic mass is 9.79.